The summed E-state index contributed by atoms with van der Waals surface area (Å²) in [6, 6.07) is 7.86. The van der Waals surface area contributed by atoms with Crippen molar-refractivity contribution in [2.75, 3.05) is 40.5 Å². The summed E-state index contributed by atoms with van der Waals surface area (Å²) < 4.78 is 22.0. The summed E-state index contributed by atoms with van der Waals surface area (Å²) in [5.41, 5.74) is 0.542. The van der Waals surface area contributed by atoms with E-state index in [0.717, 1.165) is 0 Å². The Kier molecular flexibility index (Phi) is 5.52. The predicted octanol–water partition coefficient (Wildman–Crippen LogP) is 2.72. The number of hydrogen-bond donors (Lipinski definition) is 2. The molecule has 1 saturated heterocycles. The molecule has 4 rings (SSSR count). The molecule has 2 N–H and O–H groups in total. The van der Waals surface area contributed by atoms with Gasteiger partial charge in [0.05, 0.1) is 43.9 Å². The molecule has 0 bridgehead atoms. The quantitative estimate of drug-likeness (QED) is 0.658. The molecule has 2 heterocycles. The molecule has 0 spiro atoms. The highest BCUT2D eigenvalue weighted by Crippen LogP contribution is 2.39. The molecule has 1 aromatic heterocycles. The summed E-state index contributed by atoms with van der Waals surface area (Å²) >= 11 is 0. The van der Waals surface area contributed by atoms with Gasteiger partial charge in [0.1, 0.15) is 22.8 Å². The fourth-order valence-electron chi connectivity index (χ4n) is 3.60. The van der Waals surface area contributed by atoms with Crippen LogP contribution in [0.5, 0.6) is 23.0 Å². The third-order valence-electron chi connectivity index (χ3n) is 5.25. The molecule has 0 atom stereocenters. The molecule has 0 radical (unpaired) electrons. The molecule has 2 aromatic carbocycles. The zero-order valence-electron chi connectivity index (χ0n) is 16.8. The number of phenolic OH excluding ortho intramolecular Hbond substituents is 1. The van der Waals surface area contributed by atoms with Crippen LogP contribution in [0.3, 0.4) is 0 Å². The molecule has 30 heavy (non-hydrogen) atoms. The largest absolute Gasteiger partial charge is 0.507 e. The number of aromatic hydroxyl groups is 2. The number of benzene rings is 2. The maximum absolute atomic E-state index is 12.9. The highest BCUT2D eigenvalue weighted by molar-refractivity contribution is 5.86. The lowest BCUT2D eigenvalue weighted by Gasteiger charge is -2.27. The van der Waals surface area contributed by atoms with Crippen LogP contribution in [-0.2, 0) is 11.3 Å². The van der Waals surface area contributed by atoms with E-state index < -0.39 is 11.2 Å². The summed E-state index contributed by atoms with van der Waals surface area (Å²) in [5.74, 6) is 0.413. The van der Waals surface area contributed by atoms with Gasteiger partial charge in [0.2, 0.25) is 11.2 Å². The van der Waals surface area contributed by atoms with E-state index in [1.54, 1.807) is 18.2 Å². The Morgan fingerprint density at radius 1 is 1.07 bits per heavy atom. The van der Waals surface area contributed by atoms with Crippen LogP contribution < -0.4 is 14.9 Å². The van der Waals surface area contributed by atoms with Gasteiger partial charge < -0.3 is 28.8 Å². The summed E-state index contributed by atoms with van der Waals surface area (Å²) in [6.45, 7) is 3.00. The molecular weight excluding hydrogens is 390 g/mol. The number of methoxy groups -OCH3 is 2. The van der Waals surface area contributed by atoms with Crippen molar-refractivity contribution in [3.8, 4) is 34.3 Å². The lowest BCUT2D eigenvalue weighted by Crippen LogP contribution is -2.35. The molecule has 0 aliphatic carbocycles. The molecule has 1 aliphatic heterocycles. The van der Waals surface area contributed by atoms with Crippen molar-refractivity contribution in [3.05, 3.63) is 46.1 Å². The molecule has 0 saturated carbocycles. The fourth-order valence-corrected chi connectivity index (χ4v) is 3.60. The second kappa shape index (κ2) is 8.25. The fraction of sp³-hybridized carbons (Fsp3) is 0.318. The number of fused-ring (bicyclic) bond motifs is 1. The topological polar surface area (TPSA) is 102 Å². The van der Waals surface area contributed by atoms with E-state index in [4.69, 9.17) is 18.6 Å². The van der Waals surface area contributed by atoms with Crippen LogP contribution in [0.2, 0.25) is 0 Å². The lowest BCUT2D eigenvalue weighted by molar-refractivity contribution is 0.0339. The van der Waals surface area contributed by atoms with E-state index in [0.29, 0.717) is 55.5 Å². The van der Waals surface area contributed by atoms with Crippen LogP contribution in [0, 0.1) is 0 Å². The van der Waals surface area contributed by atoms with Crippen LogP contribution in [0.1, 0.15) is 5.56 Å². The van der Waals surface area contributed by atoms with Gasteiger partial charge in [0.15, 0.2) is 5.76 Å². The molecule has 8 heteroatoms. The molecule has 8 nitrogen and oxygen atoms in total. The summed E-state index contributed by atoms with van der Waals surface area (Å²) in [4.78, 5) is 15.0. The zero-order valence-corrected chi connectivity index (χ0v) is 16.8. The molecule has 0 unspecified atom stereocenters. The maximum Gasteiger partial charge on any atom is 0.235 e. The average Bonchev–Trinajstić information content (AvgIpc) is 2.78. The highest BCUT2D eigenvalue weighted by Gasteiger charge is 2.23. The summed E-state index contributed by atoms with van der Waals surface area (Å²) in [5, 5.41) is 21.3. The first-order valence-corrected chi connectivity index (χ1v) is 9.56. The van der Waals surface area contributed by atoms with E-state index in [1.807, 2.05) is 0 Å². The van der Waals surface area contributed by atoms with Gasteiger partial charge in [-0.05, 0) is 24.3 Å². The maximum atomic E-state index is 12.9. The number of morpholine rings is 1. The summed E-state index contributed by atoms with van der Waals surface area (Å²) in [7, 11) is 3.01. The van der Waals surface area contributed by atoms with Crippen molar-refractivity contribution in [2.45, 2.75) is 6.54 Å². The second-order valence-electron chi connectivity index (χ2n) is 7.00. The predicted molar refractivity (Wildman–Crippen MR) is 110 cm³/mol. The van der Waals surface area contributed by atoms with Gasteiger partial charge in [0.25, 0.3) is 0 Å². The van der Waals surface area contributed by atoms with Gasteiger partial charge in [-0.2, -0.15) is 0 Å². The van der Waals surface area contributed by atoms with Crippen LogP contribution in [0.15, 0.2) is 39.5 Å². The van der Waals surface area contributed by atoms with Gasteiger partial charge in [0, 0.05) is 25.7 Å². The second-order valence-corrected chi connectivity index (χ2v) is 7.00. The molecule has 3 aromatic rings. The van der Waals surface area contributed by atoms with E-state index in [9.17, 15) is 15.0 Å². The van der Waals surface area contributed by atoms with E-state index >= 15 is 0 Å². The number of hydrogen-bond acceptors (Lipinski definition) is 8. The average molecular weight is 413 g/mol. The van der Waals surface area contributed by atoms with Gasteiger partial charge in [-0.3, -0.25) is 9.69 Å². The van der Waals surface area contributed by atoms with E-state index in [2.05, 4.69) is 4.90 Å². The molecule has 158 valence electrons. The van der Waals surface area contributed by atoms with Gasteiger partial charge in [-0.25, -0.2) is 0 Å². The van der Waals surface area contributed by atoms with Crippen molar-refractivity contribution < 1.29 is 28.8 Å². The first kappa shape index (κ1) is 20.1. The third-order valence-corrected chi connectivity index (χ3v) is 5.25. The van der Waals surface area contributed by atoms with E-state index in [-0.39, 0.29) is 22.5 Å². The van der Waals surface area contributed by atoms with Gasteiger partial charge >= 0.3 is 0 Å². The highest BCUT2D eigenvalue weighted by atomic mass is 16.5. The first-order chi connectivity index (χ1) is 14.5. The van der Waals surface area contributed by atoms with Crippen molar-refractivity contribution in [2.24, 2.45) is 0 Å². The van der Waals surface area contributed by atoms with Crippen LogP contribution in [-0.4, -0.2) is 55.6 Å². The van der Waals surface area contributed by atoms with Crippen LogP contribution >= 0.6 is 0 Å². The minimum absolute atomic E-state index is 0.0236. The van der Waals surface area contributed by atoms with Crippen LogP contribution in [0.25, 0.3) is 22.3 Å². The Labute approximate surface area is 172 Å². The number of nitrogens with zero attached hydrogens (tertiary/aromatic N) is 1. The van der Waals surface area contributed by atoms with Gasteiger partial charge in [-0.1, -0.05) is 0 Å². The molecule has 1 aliphatic rings. The molecular formula is C22H23NO7. The van der Waals surface area contributed by atoms with Gasteiger partial charge in [-0.15, -0.1) is 0 Å². The smallest absolute Gasteiger partial charge is 0.235 e. The van der Waals surface area contributed by atoms with Crippen molar-refractivity contribution in [1.29, 1.82) is 0 Å². The Balaban J connectivity index is 1.91. The van der Waals surface area contributed by atoms with Crippen molar-refractivity contribution >= 4 is 11.0 Å². The Hall–Kier alpha value is -3.23. The molecule has 0 amide bonds. The van der Waals surface area contributed by atoms with Crippen LogP contribution in [0.4, 0.5) is 0 Å². The Morgan fingerprint density at radius 2 is 1.83 bits per heavy atom. The van der Waals surface area contributed by atoms with Crippen molar-refractivity contribution in [3.63, 3.8) is 0 Å². The monoisotopic (exact) mass is 413 g/mol. The normalized spacial score (nSPS) is 14.7. The minimum Gasteiger partial charge on any atom is -0.507 e. The number of ether oxygens (including phenoxy) is 3. The third kappa shape index (κ3) is 3.55. The Morgan fingerprint density at radius 3 is 2.53 bits per heavy atom. The number of phenols is 1. The first-order valence-electron chi connectivity index (χ1n) is 9.56. The minimum atomic E-state index is -0.577. The number of rotatable bonds is 5. The summed E-state index contributed by atoms with van der Waals surface area (Å²) in [6.07, 6.45) is 0. The zero-order chi connectivity index (χ0) is 21.3. The molecule has 1 fully saturated rings. The standard InChI is InChI=1S/C22H23NO7/c1-27-13-3-4-14(18(11-13)28-2)22-20(26)19(25)15-5-6-17(24)16(21(15)30-22)12-23-7-9-29-10-8-23/h3-6,11,24,26H,7-10,12H2,1-2H3. The lowest BCUT2D eigenvalue weighted by atomic mass is 10.1. The SMILES string of the molecule is COc1ccc(-c2oc3c(CN4CCOCC4)c(O)ccc3c(=O)c2O)c(OC)c1. The Bertz CT molecular complexity index is 1130. The van der Waals surface area contributed by atoms with Crippen molar-refractivity contribution in [1.82, 2.24) is 4.90 Å². The van der Waals surface area contributed by atoms with E-state index in [1.165, 1.54) is 26.4 Å².